The third-order valence-electron chi connectivity index (χ3n) is 4.73. The summed E-state index contributed by atoms with van der Waals surface area (Å²) in [5.74, 6) is -4.86. The van der Waals surface area contributed by atoms with Gasteiger partial charge >= 0.3 is 23.9 Å². The number of nitrogens with zero attached hydrogens (tertiary/aromatic N) is 2. The molecule has 2 saturated heterocycles. The van der Waals surface area contributed by atoms with Gasteiger partial charge in [-0.15, -0.1) is 0 Å². The molecule has 220 valence electrons. The summed E-state index contributed by atoms with van der Waals surface area (Å²) < 4.78 is 5.26. The normalized spacial score (nSPS) is 17.8. The van der Waals surface area contributed by atoms with Crippen molar-refractivity contribution in [2.24, 2.45) is 0 Å². The van der Waals surface area contributed by atoms with Crippen molar-refractivity contribution >= 4 is 35.7 Å². The standard InChI is InChI=1S/C8H12O7.C5H9NO2.C5H14NO.C4H7N3O/c1-2-15-6(11)4-8(14,7(12)13)3-5(9)10;7-5(8)4-2-1-3-6-4;1-6(2,3)4-5-7;1-7-2-3(8)6-4(7)5/h14H,2-4H2,1H3,(H,9,10)(H,12,13);4,6H,1-3H2,(H,7,8);7H,4-5H2,1-3H3;2H2,1H3,(H2,5,6,8)/q;;+1;. The van der Waals surface area contributed by atoms with Crippen molar-refractivity contribution in [2.45, 2.75) is 44.2 Å². The van der Waals surface area contributed by atoms with E-state index in [1.807, 2.05) is 0 Å². The molecule has 2 aliphatic rings. The van der Waals surface area contributed by atoms with E-state index in [9.17, 15) is 29.1 Å². The summed E-state index contributed by atoms with van der Waals surface area (Å²) in [7, 11) is 7.85. The summed E-state index contributed by atoms with van der Waals surface area (Å²) in [4.78, 5) is 53.8. The van der Waals surface area contributed by atoms with E-state index < -0.39 is 42.3 Å². The van der Waals surface area contributed by atoms with Crippen LogP contribution < -0.4 is 10.6 Å². The predicted octanol–water partition coefficient (Wildman–Crippen LogP) is -2.28. The van der Waals surface area contributed by atoms with Crippen LogP contribution in [0.4, 0.5) is 0 Å². The molecule has 16 heteroatoms. The fraction of sp³-hybridized carbons (Fsp3) is 0.727. The Morgan fingerprint density at radius 2 is 1.74 bits per heavy atom. The van der Waals surface area contributed by atoms with Crippen LogP contribution in [0.15, 0.2) is 0 Å². The number of carboxylic acids is 3. The molecule has 16 nitrogen and oxygen atoms in total. The lowest BCUT2D eigenvalue weighted by atomic mass is 9.96. The molecule has 2 atom stereocenters. The summed E-state index contributed by atoms with van der Waals surface area (Å²) in [6.07, 6.45) is -0.157. The van der Waals surface area contributed by atoms with E-state index in [4.69, 9.17) is 25.8 Å². The molecule has 2 fully saturated rings. The highest BCUT2D eigenvalue weighted by molar-refractivity contribution is 6.02. The Hall–Kier alpha value is -3.34. The largest absolute Gasteiger partial charge is 0.481 e. The van der Waals surface area contributed by atoms with E-state index >= 15 is 0 Å². The van der Waals surface area contributed by atoms with Crippen molar-refractivity contribution in [3.8, 4) is 0 Å². The maximum atomic E-state index is 10.9. The quantitative estimate of drug-likeness (QED) is 0.111. The second kappa shape index (κ2) is 18.0. The molecule has 0 saturated carbocycles. The number of ether oxygens (including phenoxy) is 1. The van der Waals surface area contributed by atoms with Gasteiger partial charge in [0, 0.05) is 7.05 Å². The number of aliphatic carboxylic acids is 3. The minimum absolute atomic E-state index is 0.0294. The van der Waals surface area contributed by atoms with Crippen LogP contribution in [0.2, 0.25) is 0 Å². The Morgan fingerprint density at radius 3 is 1.95 bits per heavy atom. The van der Waals surface area contributed by atoms with Gasteiger partial charge in [-0.3, -0.25) is 29.9 Å². The number of carbonyl (C=O) groups excluding carboxylic acids is 2. The SMILES string of the molecule is CCOC(=O)CC(O)(CC(=O)O)C(=O)O.CN1CC(=O)NC1=N.C[N+](C)(C)CCO.O=C(O)C1CCCN1. The van der Waals surface area contributed by atoms with Crippen LogP contribution in [0.5, 0.6) is 0 Å². The predicted molar refractivity (Wildman–Crippen MR) is 133 cm³/mol. The van der Waals surface area contributed by atoms with Gasteiger partial charge in [0.1, 0.15) is 12.6 Å². The molecule has 2 aliphatic heterocycles. The topological polar surface area (TPSA) is 247 Å². The molecule has 2 unspecified atom stereocenters. The molecule has 1 amide bonds. The minimum atomic E-state index is -2.61. The molecule has 8 N–H and O–H groups in total. The zero-order valence-corrected chi connectivity index (χ0v) is 22.5. The number of hydrogen-bond donors (Lipinski definition) is 8. The van der Waals surface area contributed by atoms with Crippen molar-refractivity contribution in [1.82, 2.24) is 15.5 Å². The van der Waals surface area contributed by atoms with Crippen molar-refractivity contribution in [2.75, 3.05) is 61.0 Å². The first-order valence-corrected chi connectivity index (χ1v) is 11.7. The summed E-state index contributed by atoms with van der Waals surface area (Å²) >= 11 is 0. The van der Waals surface area contributed by atoms with Crippen molar-refractivity contribution in [3.05, 3.63) is 0 Å². The number of carbonyl (C=O) groups is 5. The molecule has 0 bridgehead atoms. The Bertz CT molecular complexity index is 810. The number of hydrogen-bond acceptors (Lipinski definition) is 10. The lowest BCUT2D eigenvalue weighted by molar-refractivity contribution is -0.870. The number of aliphatic hydroxyl groups excluding tert-OH is 1. The molecule has 38 heavy (non-hydrogen) atoms. The van der Waals surface area contributed by atoms with Gasteiger partial charge in [-0.2, -0.15) is 0 Å². The number of rotatable bonds is 9. The summed E-state index contributed by atoms with van der Waals surface area (Å²) in [5.41, 5.74) is -2.61. The number of quaternary nitrogens is 1. The number of amides is 1. The second-order valence-corrected chi connectivity index (χ2v) is 9.37. The average Bonchev–Trinajstić information content (AvgIpc) is 3.38. The van der Waals surface area contributed by atoms with Crippen LogP contribution in [0.25, 0.3) is 0 Å². The molecule has 0 aromatic heterocycles. The zero-order valence-electron chi connectivity index (χ0n) is 22.5. The van der Waals surface area contributed by atoms with Gasteiger partial charge in [0.2, 0.25) is 5.91 Å². The van der Waals surface area contributed by atoms with Crippen LogP contribution in [0, 0.1) is 5.41 Å². The number of nitrogens with one attached hydrogen (secondary N) is 3. The fourth-order valence-corrected chi connectivity index (χ4v) is 2.67. The molecular formula is C22H42N5O11+. The number of esters is 1. The summed E-state index contributed by atoms with van der Waals surface area (Å²) in [5, 5.41) is 55.2. The van der Waals surface area contributed by atoms with Gasteiger partial charge in [-0.05, 0) is 26.3 Å². The molecule has 2 heterocycles. The van der Waals surface area contributed by atoms with E-state index in [0.29, 0.717) is 6.54 Å². The van der Waals surface area contributed by atoms with E-state index in [-0.39, 0.29) is 31.1 Å². The Morgan fingerprint density at radius 1 is 1.16 bits per heavy atom. The zero-order chi connectivity index (χ0) is 30.1. The fourth-order valence-electron chi connectivity index (χ4n) is 2.67. The Labute approximate surface area is 221 Å². The first kappa shape index (κ1) is 36.8. The lowest BCUT2D eigenvalue weighted by Crippen LogP contribution is -2.43. The van der Waals surface area contributed by atoms with Crippen LogP contribution in [0.3, 0.4) is 0 Å². The highest BCUT2D eigenvalue weighted by Gasteiger charge is 2.41. The molecular weight excluding hydrogens is 510 g/mol. The maximum absolute atomic E-state index is 10.9. The number of guanidine groups is 1. The van der Waals surface area contributed by atoms with Crippen LogP contribution >= 0.6 is 0 Å². The summed E-state index contributed by atoms with van der Waals surface area (Å²) in [6.45, 7) is 3.83. The van der Waals surface area contributed by atoms with Crippen LogP contribution in [-0.2, 0) is 28.7 Å². The Kier molecular flexibility index (Phi) is 17.4. The van der Waals surface area contributed by atoms with Crippen molar-refractivity contribution in [1.29, 1.82) is 5.41 Å². The van der Waals surface area contributed by atoms with Gasteiger partial charge in [-0.1, -0.05) is 0 Å². The van der Waals surface area contributed by atoms with E-state index in [0.717, 1.165) is 30.4 Å². The molecule has 2 rings (SSSR count). The summed E-state index contributed by atoms with van der Waals surface area (Å²) in [6, 6.07) is -0.269. The monoisotopic (exact) mass is 552 g/mol. The highest BCUT2D eigenvalue weighted by atomic mass is 16.5. The smallest absolute Gasteiger partial charge is 0.336 e. The van der Waals surface area contributed by atoms with Gasteiger partial charge in [0.05, 0.1) is 53.7 Å². The molecule has 0 spiro atoms. The van der Waals surface area contributed by atoms with Gasteiger partial charge in [0.25, 0.3) is 0 Å². The first-order valence-electron chi connectivity index (χ1n) is 11.7. The lowest BCUT2D eigenvalue weighted by Gasteiger charge is -2.21. The molecule has 0 aliphatic carbocycles. The van der Waals surface area contributed by atoms with Crippen molar-refractivity contribution < 1.29 is 58.7 Å². The third kappa shape index (κ3) is 18.0. The average molecular weight is 553 g/mol. The number of carboxylic acid groups (broad SMARTS) is 3. The minimum Gasteiger partial charge on any atom is -0.481 e. The molecule has 0 aromatic rings. The van der Waals surface area contributed by atoms with Crippen LogP contribution in [-0.4, -0.2) is 143 Å². The third-order valence-corrected chi connectivity index (χ3v) is 4.73. The van der Waals surface area contributed by atoms with Crippen LogP contribution in [0.1, 0.15) is 32.6 Å². The van der Waals surface area contributed by atoms with Gasteiger partial charge < -0.3 is 45.0 Å². The van der Waals surface area contributed by atoms with Gasteiger partial charge in [0.15, 0.2) is 11.6 Å². The maximum Gasteiger partial charge on any atom is 0.336 e. The molecule has 0 radical (unpaired) electrons. The first-order chi connectivity index (χ1) is 17.4. The second-order valence-electron chi connectivity index (χ2n) is 9.37. The van der Waals surface area contributed by atoms with E-state index in [2.05, 4.69) is 36.5 Å². The van der Waals surface area contributed by atoms with Crippen molar-refractivity contribution in [3.63, 3.8) is 0 Å². The number of aliphatic hydroxyl groups is 2. The van der Waals surface area contributed by atoms with E-state index in [1.165, 1.54) is 6.92 Å². The van der Waals surface area contributed by atoms with E-state index in [1.54, 1.807) is 11.9 Å². The molecule has 0 aromatic carbocycles. The highest BCUT2D eigenvalue weighted by Crippen LogP contribution is 2.16. The number of likely N-dealkylation sites (N-methyl/N-ethyl adjacent to an activating group) is 2. The van der Waals surface area contributed by atoms with Gasteiger partial charge in [-0.25, -0.2) is 4.79 Å². The Balaban J connectivity index is 0.